The quantitative estimate of drug-likeness (QED) is 0.812. The lowest BCUT2D eigenvalue weighted by Crippen LogP contribution is -2.37. The van der Waals surface area contributed by atoms with Gasteiger partial charge in [-0.3, -0.25) is 19.3 Å². The van der Waals surface area contributed by atoms with E-state index in [0.29, 0.717) is 17.7 Å². The maximum atomic E-state index is 13.2. The van der Waals surface area contributed by atoms with Crippen LogP contribution < -0.4 is 10.2 Å². The number of amides is 1. The Morgan fingerprint density at radius 3 is 2.71 bits per heavy atom. The molecular weight excluding hydrogens is 376 g/mol. The van der Waals surface area contributed by atoms with Crippen molar-refractivity contribution in [2.24, 2.45) is 0 Å². The van der Waals surface area contributed by atoms with Crippen LogP contribution in [0.2, 0.25) is 0 Å². The van der Waals surface area contributed by atoms with Gasteiger partial charge in [0.05, 0.1) is 17.8 Å². The third-order valence-electron chi connectivity index (χ3n) is 5.07. The second-order valence-corrected chi connectivity index (χ2v) is 7.87. The molecule has 1 unspecified atom stereocenters. The number of rotatable bonds is 4. The van der Waals surface area contributed by atoms with Crippen molar-refractivity contribution in [2.45, 2.75) is 38.1 Å². The average Bonchev–Trinajstić information content (AvgIpc) is 3.15. The first kappa shape index (κ1) is 18.4. The summed E-state index contributed by atoms with van der Waals surface area (Å²) in [6, 6.07) is 10.7. The van der Waals surface area contributed by atoms with Gasteiger partial charge in [0, 0.05) is 29.0 Å². The number of carbonyl (C=O) groups is 3. The Bertz CT molecular complexity index is 965. The van der Waals surface area contributed by atoms with Crippen molar-refractivity contribution < 1.29 is 19.5 Å². The van der Waals surface area contributed by atoms with Crippen molar-refractivity contribution in [2.75, 3.05) is 10.2 Å². The van der Waals surface area contributed by atoms with Gasteiger partial charge in [-0.15, -0.1) is 11.3 Å². The number of nitrogens with one attached hydrogen (secondary N) is 1. The summed E-state index contributed by atoms with van der Waals surface area (Å²) in [5, 5.41) is 14.4. The first-order chi connectivity index (χ1) is 13.6. The molecule has 6 nitrogen and oxygen atoms in total. The van der Waals surface area contributed by atoms with Gasteiger partial charge in [0.1, 0.15) is 6.04 Å². The Morgan fingerprint density at radius 1 is 1.14 bits per heavy atom. The Morgan fingerprint density at radius 2 is 1.96 bits per heavy atom. The Labute approximate surface area is 166 Å². The maximum Gasteiger partial charge on any atom is 0.303 e. The van der Waals surface area contributed by atoms with Gasteiger partial charge in [0.15, 0.2) is 5.78 Å². The molecule has 1 aromatic heterocycles. The molecule has 144 valence electrons. The fourth-order valence-corrected chi connectivity index (χ4v) is 4.68. The third-order valence-corrected chi connectivity index (χ3v) is 6.00. The molecule has 1 atom stereocenters. The van der Waals surface area contributed by atoms with Crippen molar-refractivity contribution in [3.8, 4) is 0 Å². The van der Waals surface area contributed by atoms with Crippen molar-refractivity contribution >= 4 is 40.4 Å². The van der Waals surface area contributed by atoms with E-state index in [9.17, 15) is 14.4 Å². The summed E-state index contributed by atoms with van der Waals surface area (Å²) in [7, 11) is 0. The molecule has 28 heavy (non-hydrogen) atoms. The molecule has 0 radical (unpaired) electrons. The van der Waals surface area contributed by atoms with Crippen molar-refractivity contribution in [1.82, 2.24) is 0 Å². The fraction of sp³-hybridized carbons (Fsp3) is 0.286. The number of nitrogens with zero attached hydrogens (tertiary/aromatic N) is 1. The molecule has 0 saturated carbocycles. The number of thiophene rings is 1. The van der Waals surface area contributed by atoms with E-state index >= 15 is 0 Å². The molecule has 2 aromatic rings. The van der Waals surface area contributed by atoms with Crippen molar-refractivity contribution in [3.63, 3.8) is 0 Å². The highest BCUT2D eigenvalue weighted by Gasteiger charge is 2.39. The highest BCUT2D eigenvalue weighted by molar-refractivity contribution is 7.10. The van der Waals surface area contributed by atoms with E-state index in [1.807, 2.05) is 41.8 Å². The Hall–Kier alpha value is -2.93. The SMILES string of the molecule is O=C(O)CCC(=O)N1c2ccccc2NC2=C(C(=O)CCC2)C1c1cccs1. The summed E-state index contributed by atoms with van der Waals surface area (Å²) in [6.45, 7) is 0. The number of ketones is 1. The van der Waals surface area contributed by atoms with Gasteiger partial charge in [-0.2, -0.15) is 0 Å². The molecule has 7 heteroatoms. The summed E-state index contributed by atoms with van der Waals surface area (Å²) in [4.78, 5) is 39.7. The van der Waals surface area contributed by atoms with Crippen LogP contribution in [0, 0.1) is 0 Å². The Balaban J connectivity index is 1.90. The van der Waals surface area contributed by atoms with Crippen LogP contribution in [0.4, 0.5) is 11.4 Å². The minimum absolute atomic E-state index is 0.0380. The normalized spacial score (nSPS) is 18.8. The first-order valence-electron chi connectivity index (χ1n) is 9.26. The molecule has 1 aliphatic carbocycles. The number of carboxylic acid groups (broad SMARTS) is 1. The monoisotopic (exact) mass is 396 g/mol. The predicted molar refractivity (Wildman–Crippen MR) is 107 cm³/mol. The number of aliphatic carboxylic acids is 1. The number of anilines is 2. The zero-order chi connectivity index (χ0) is 19.7. The van der Waals surface area contributed by atoms with E-state index in [2.05, 4.69) is 5.32 Å². The second-order valence-electron chi connectivity index (χ2n) is 6.89. The van der Waals surface area contributed by atoms with Gasteiger partial charge in [-0.1, -0.05) is 18.2 Å². The molecule has 0 saturated heterocycles. The van der Waals surface area contributed by atoms with Crippen LogP contribution >= 0.6 is 11.3 Å². The molecule has 1 amide bonds. The molecule has 0 bridgehead atoms. The lowest BCUT2D eigenvalue weighted by Gasteiger charge is -2.33. The third kappa shape index (κ3) is 3.33. The minimum Gasteiger partial charge on any atom is -0.481 e. The predicted octanol–water partition coefficient (Wildman–Crippen LogP) is 4.12. The number of carboxylic acids is 1. The summed E-state index contributed by atoms with van der Waals surface area (Å²) in [6.07, 6.45) is 1.60. The number of Topliss-reactive ketones (excluding diaryl/α,β-unsaturated/α-hetero) is 1. The van der Waals surface area contributed by atoms with Gasteiger partial charge < -0.3 is 10.4 Å². The number of para-hydroxylation sites is 2. The van der Waals surface area contributed by atoms with Gasteiger partial charge in [0.25, 0.3) is 0 Å². The number of carbonyl (C=O) groups excluding carboxylic acids is 2. The lowest BCUT2D eigenvalue weighted by molar-refractivity contribution is -0.138. The highest BCUT2D eigenvalue weighted by atomic mass is 32.1. The molecule has 2 aliphatic rings. The minimum atomic E-state index is -1.02. The molecule has 2 N–H and O–H groups in total. The standard InChI is InChI=1S/C21H20N2O4S/c24-16-8-3-6-14-20(16)21(17-9-4-12-28-17)23(18(25)10-11-19(26)27)15-7-2-1-5-13(15)22-14/h1-2,4-5,7,9,12,21-22H,3,6,8,10-11H2,(H,26,27). The van der Waals surface area contributed by atoms with Crippen LogP contribution in [0.25, 0.3) is 0 Å². The van der Waals surface area contributed by atoms with E-state index < -0.39 is 12.0 Å². The summed E-state index contributed by atoms with van der Waals surface area (Å²) < 4.78 is 0. The number of hydrogen-bond donors (Lipinski definition) is 2. The van der Waals surface area contributed by atoms with Crippen LogP contribution in [-0.2, 0) is 14.4 Å². The zero-order valence-electron chi connectivity index (χ0n) is 15.2. The second kappa shape index (κ2) is 7.59. The molecule has 4 rings (SSSR count). The topological polar surface area (TPSA) is 86.7 Å². The number of fused-ring (bicyclic) bond motifs is 1. The number of allylic oxidation sites excluding steroid dienone is 1. The van der Waals surface area contributed by atoms with E-state index in [0.717, 1.165) is 29.1 Å². The molecular formula is C21H20N2O4S. The van der Waals surface area contributed by atoms with Gasteiger partial charge in [0.2, 0.25) is 5.91 Å². The van der Waals surface area contributed by atoms with Crippen LogP contribution in [0.3, 0.4) is 0 Å². The molecule has 0 spiro atoms. The number of benzene rings is 1. The van der Waals surface area contributed by atoms with Crippen molar-refractivity contribution in [1.29, 1.82) is 0 Å². The molecule has 2 heterocycles. The summed E-state index contributed by atoms with van der Waals surface area (Å²) in [5.41, 5.74) is 2.90. The van der Waals surface area contributed by atoms with Gasteiger partial charge >= 0.3 is 5.97 Å². The maximum absolute atomic E-state index is 13.2. The first-order valence-corrected chi connectivity index (χ1v) is 10.1. The molecule has 1 aliphatic heterocycles. The van der Waals surface area contributed by atoms with Gasteiger partial charge in [-0.05, 0) is 36.4 Å². The smallest absolute Gasteiger partial charge is 0.303 e. The lowest BCUT2D eigenvalue weighted by atomic mass is 9.88. The highest BCUT2D eigenvalue weighted by Crippen LogP contribution is 2.45. The van der Waals surface area contributed by atoms with E-state index in [-0.39, 0.29) is 24.5 Å². The van der Waals surface area contributed by atoms with Crippen LogP contribution in [-0.4, -0.2) is 22.8 Å². The largest absolute Gasteiger partial charge is 0.481 e. The summed E-state index contributed by atoms with van der Waals surface area (Å²) in [5.74, 6) is -1.28. The van der Waals surface area contributed by atoms with Crippen molar-refractivity contribution in [3.05, 3.63) is 57.9 Å². The van der Waals surface area contributed by atoms with E-state index in [4.69, 9.17) is 5.11 Å². The zero-order valence-corrected chi connectivity index (χ0v) is 16.0. The Kier molecular flexibility index (Phi) is 5.00. The fourth-order valence-electron chi connectivity index (χ4n) is 3.86. The van der Waals surface area contributed by atoms with Crippen LogP contribution in [0.15, 0.2) is 53.0 Å². The number of hydrogen-bond acceptors (Lipinski definition) is 5. The molecule has 0 fully saturated rings. The summed E-state index contributed by atoms with van der Waals surface area (Å²) >= 11 is 1.49. The van der Waals surface area contributed by atoms with Crippen LogP contribution in [0.5, 0.6) is 0 Å². The molecule has 1 aromatic carbocycles. The van der Waals surface area contributed by atoms with E-state index in [1.165, 1.54) is 11.3 Å². The van der Waals surface area contributed by atoms with Crippen LogP contribution in [0.1, 0.15) is 43.0 Å². The van der Waals surface area contributed by atoms with E-state index in [1.54, 1.807) is 4.90 Å². The average molecular weight is 396 g/mol. The van der Waals surface area contributed by atoms with Gasteiger partial charge in [-0.25, -0.2) is 0 Å².